The average Bonchev–Trinajstić information content (AvgIpc) is 3.10. The van der Waals surface area contributed by atoms with Crippen LogP contribution in [0.2, 0.25) is 0 Å². The minimum atomic E-state index is -0.843. The van der Waals surface area contributed by atoms with E-state index < -0.39 is 12.0 Å². The molecule has 0 saturated heterocycles. The van der Waals surface area contributed by atoms with Crippen molar-refractivity contribution in [3.05, 3.63) is 35.9 Å². The topological polar surface area (TPSA) is 69.6 Å². The van der Waals surface area contributed by atoms with E-state index in [1.54, 1.807) is 0 Å². The molecule has 0 bridgehead atoms. The fourth-order valence-corrected chi connectivity index (χ4v) is 2.20. The Kier molecular flexibility index (Phi) is 3.68. The van der Waals surface area contributed by atoms with Gasteiger partial charge < -0.3 is 10.2 Å². The highest BCUT2D eigenvalue weighted by atomic mass is 16.4. The van der Waals surface area contributed by atoms with Crippen molar-refractivity contribution in [1.82, 2.24) is 5.32 Å². The van der Waals surface area contributed by atoms with Gasteiger partial charge in [-0.1, -0.05) is 37.3 Å². The molecule has 1 aliphatic rings. The standard InChI is InChI=1S/C14H19NO3/c1-14(7-8-14)12(13(17)18)15-11(9-16)10-5-3-2-4-6-10/h2-6,11-12,15-16H,7-9H2,1H3,(H,17,18)/t11-,12+/m1/s1. The van der Waals surface area contributed by atoms with E-state index in [1.165, 1.54) is 0 Å². The van der Waals surface area contributed by atoms with Gasteiger partial charge in [0.15, 0.2) is 0 Å². The summed E-state index contributed by atoms with van der Waals surface area (Å²) in [7, 11) is 0. The first-order valence-corrected chi connectivity index (χ1v) is 6.21. The van der Waals surface area contributed by atoms with E-state index >= 15 is 0 Å². The lowest BCUT2D eigenvalue weighted by molar-refractivity contribution is -0.141. The minimum Gasteiger partial charge on any atom is -0.480 e. The van der Waals surface area contributed by atoms with E-state index in [0.29, 0.717) is 0 Å². The third kappa shape index (κ3) is 2.71. The molecule has 0 aromatic heterocycles. The number of aliphatic hydroxyl groups is 1. The van der Waals surface area contributed by atoms with Gasteiger partial charge in [-0.25, -0.2) is 0 Å². The second kappa shape index (κ2) is 5.08. The molecule has 1 fully saturated rings. The number of rotatable bonds is 6. The summed E-state index contributed by atoms with van der Waals surface area (Å²) in [6, 6.07) is 8.51. The van der Waals surface area contributed by atoms with Crippen LogP contribution in [-0.2, 0) is 4.79 Å². The molecular weight excluding hydrogens is 230 g/mol. The van der Waals surface area contributed by atoms with Crippen LogP contribution in [0.5, 0.6) is 0 Å². The van der Waals surface area contributed by atoms with E-state index in [9.17, 15) is 15.0 Å². The molecule has 0 spiro atoms. The average molecular weight is 249 g/mol. The van der Waals surface area contributed by atoms with E-state index in [2.05, 4.69) is 5.32 Å². The Labute approximate surface area is 107 Å². The first-order valence-electron chi connectivity index (χ1n) is 6.21. The number of benzene rings is 1. The Hall–Kier alpha value is -1.39. The highest BCUT2D eigenvalue weighted by Gasteiger charge is 2.49. The normalized spacial score (nSPS) is 20.1. The zero-order valence-corrected chi connectivity index (χ0v) is 10.5. The highest BCUT2D eigenvalue weighted by Crippen LogP contribution is 2.48. The molecule has 0 radical (unpaired) electrons. The first kappa shape index (κ1) is 13.1. The molecule has 0 unspecified atom stereocenters. The number of carboxylic acid groups (broad SMARTS) is 1. The van der Waals surface area contributed by atoms with Gasteiger partial charge in [0.25, 0.3) is 0 Å². The van der Waals surface area contributed by atoms with Gasteiger partial charge in [0.05, 0.1) is 12.6 Å². The van der Waals surface area contributed by atoms with Crippen molar-refractivity contribution in [2.24, 2.45) is 5.41 Å². The van der Waals surface area contributed by atoms with Crippen molar-refractivity contribution in [3.63, 3.8) is 0 Å². The maximum atomic E-state index is 11.3. The van der Waals surface area contributed by atoms with Crippen LogP contribution in [0.3, 0.4) is 0 Å². The Bertz CT molecular complexity index is 414. The summed E-state index contributed by atoms with van der Waals surface area (Å²) in [5.74, 6) is -0.843. The summed E-state index contributed by atoms with van der Waals surface area (Å²) in [6.45, 7) is 1.86. The molecule has 18 heavy (non-hydrogen) atoms. The molecule has 1 aliphatic carbocycles. The third-order valence-corrected chi connectivity index (χ3v) is 3.73. The molecule has 4 heteroatoms. The van der Waals surface area contributed by atoms with Gasteiger partial charge in [0.1, 0.15) is 6.04 Å². The molecule has 98 valence electrons. The number of carbonyl (C=O) groups is 1. The monoisotopic (exact) mass is 249 g/mol. The fourth-order valence-electron chi connectivity index (χ4n) is 2.20. The molecule has 2 rings (SSSR count). The van der Waals surface area contributed by atoms with E-state index in [-0.39, 0.29) is 18.1 Å². The predicted molar refractivity (Wildman–Crippen MR) is 68.2 cm³/mol. The molecule has 2 atom stereocenters. The van der Waals surface area contributed by atoms with Gasteiger partial charge in [-0.2, -0.15) is 0 Å². The molecular formula is C14H19NO3. The van der Waals surface area contributed by atoms with Crippen LogP contribution in [0.1, 0.15) is 31.4 Å². The second-order valence-corrected chi connectivity index (χ2v) is 5.24. The van der Waals surface area contributed by atoms with Gasteiger partial charge >= 0.3 is 5.97 Å². The Morgan fingerprint density at radius 3 is 2.44 bits per heavy atom. The van der Waals surface area contributed by atoms with Crippen molar-refractivity contribution in [1.29, 1.82) is 0 Å². The number of hydrogen-bond acceptors (Lipinski definition) is 3. The summed E-state index contributed by atoms with van der Waals surface area (Å²) in [6.07, 6.45) is 1.84. The van der Waals surface area contributed by atoms with Crippen molar-refractivity contribution in [2.45, 2.75) is 31.8 Å². The molecule has 0 amide bonds. The van der Waals surface area contributed by atoms with Gasteiger partial charge in [-0.3, -0.25) is 10.1 Å². The van der Waals surface area contributed by atoms with Crippen LogP contribution in [-0.4, -0.2) is 28.8 Å². The van der Waals surface area contributed by atoms with Gasteiger partial charge in [0.2, 0.25) is 0 Å². The lowest BCUT2D eigenvalue weighted by Gasteiger charge is -2.26. The highest BCUT2D eigenvalue weighted by molar-refractivity contribution is 5.75. The van der Waals surface area contributed by atoms with E-state index in [1.807, 2.05) is 37.3 Å². The third-order valence-electron chi connectivity index (χ3n) is 3.73. The van der Waals surface area contributed by atoms with Crippen molar-refractivity contribution < 1.29 is 15.0 Å². The molecule has 4 nitrogen and oxygen atoms in total. The van der Waals surface area contributed by atoms with Gasteiger partial charge in [0, 0.05) is 0 Å². The lowest BCUT2D eigenvalue weighted by Crippen LogP contribution is -2.45. The Morgan fingerprint density at radius 2 is 2.00 bits per heavy atom. The van der Waals surface area contributed by atoms with Crippen LogP contribution in [0.15, 0.2) is 30.3 Å². The minimum absolute atomic E-state index is 0.107. The van der Waals surface area contributed by atoms with Gasteiger partial charge in [-0.05, 0) is 23.8 Å². The van der Waals surface area contributed by atoms with Gasteiger partial charge in [-0.15, -0.1) is 0 Å². The Morgan fingerprint density at radius 1 is 1.39 bits per heavy atom. The lowest BCUT2D eigenvalue weighted by atomic mass is 9.96. The largest absolute Gasteiger partial charge is 0.480 e. The van der Waals surface area contributed by atoms with Crippen LogP contribution in [0.25, 0.3) is 0 Å². The summed E-state index contributed by atoms with van der Waals surface area (Å²) in [5, 5.41) is 21.8. The predicted octanol–water partition coefficient (Wildman–Crippen LogP) is 1.56. The SMILES string of the molecule is CC1([C@@H](N[C@H](CO)c2ccccc2)C(=O)O)CC1. The van der Waals surface area contributed by atoms with Crippen molar-refractivity contribution >= 4 is 5.97 Å². The van der Waals surface area contributed by atoms with Crippen molar-refractivity contribution in [2.75, 3.05) is 6.61 Å². The van der Waals surface area contributed by atoms with Crippen LogP contribution in [0, 0.1) is 5.41 Å². The number of nitrogens with one attached hydrogen (secondary N) is 1. The molecule has 1 saturated carbocycles. The smallest absolute Gasteiger partial charge is 0.321 e. The summed E-state index contributed by atoms with van der Waals surface area (Å²) >= 11 is 0. The Balaban J connectivity index is 2.12. The molecule has 0 heterocycles. The van der Waals surface area contributed by atoms with E-state index in [0.717, 1.165) is 18.4 Å². The van der Waals surface area contributed by atoms with E-state index in [4.69, 9.17) is 0 Å². The fraction of sp³-hybridized carbons (Fsp3) is 0.500. The van der Waals surface area contributed by atoms with Crippen LogP contribution >= 0.6 is 0 Å². The zero-order valence-electron chi connectivity index (χ0n) is 10.5. The maximum Gasteiger partial charge on any atom is 0.321 e. The number of aliphatic carboxylic acids is 1. The number of carboxylic acids is 1. The number of hydrogen-bond donors (Lipinski definition) is 3. The second-order valence-electron chi connectivity index (χ2n) is 5.24. The first-order chi connectivity index (χ1) is 8.57. The maximum absolute atomic E-state index is 11.3. The summed E-state index contributed by atoms with van der Waals surface area (Å²) in [4.78, 5) is 11.3. The quantitative estimate of drug-likeness (QED) is 0.715. The number of aliphatic hydroxyl groups excluding tert-OH is 1. The summed E-state index contributed by atoms with van der Waals surface area (Å²) in [5.41, 5.74) is 0.740. The molecule has 0 aliphatic heterocycles. The zero-order chi connectivity index (χ0) is 13.2. The molecule has 1 aromatic rings. The van der Waals surface area contributed by atoms with Crippen molar-refractivity contribution in [3.8, 4) is 0 Å². The van der Waals surface area contributed by atoms with Crippen LogP contribution < -0.4 is 5.32 Å². The summed E-state index contributed by atoms with van der Waals surface area (Å²) < 4.78 is 0. The molecule has 3 N–H and O–H groups in total. The molecule has 1 aromatic carbocycles. The van der Waals surface area contributed by atoms with Crippen LogP contribution in [0.4, 0.5) is 0 Å².